The number of sulfone groups is 1. The summed E-state index contributed by atoms with van der Waals surface area (Å²) in [6, 6.07) is 12.5. The summed E-state index contributed by atoms with van der Waals surface area (Å²) >= 11 is 0. The van der Waals surface area contributed by atoms with Gasteiger partial charge in [-0.3, -0.25) is 0 Å². The van der Waals surface area contributed by atoms with Gasteiger partial charge in [0.15, 0.2) is 9.84 Å². The predicted molar refractivity (Wildman–Crippen MR) is 84.9 cm³/mol. The zero-order chi connectivity index (χ0) is 18.0. The van der Waals surface area contributed by atoms with E-state index in [0.29, 0.717) is 5.56 Å². The van der Waals surface area contributed by atoms with Gasteiger partial charge in [0.2, 0.25) is 0 Å². The molecule has 130 valence electrons. The van der Waals surface area contributed by atoms with Crippen LogP contribution in [0.1, 0.15) is 23.6 Å². The molecule has 0 heterocycles. The Hall–Kier alpha value is -1.86. The summed E-state index contributed by atoms with van der Waals surface area (Å²) in [5, 5.41) is 10.4. The molecule has 7 heteroatoms. The van der Waals surface area contributed by atoms with E-state index in [1.807, 2.05) is 0 Å². The first kappa shape index (κ1) is 18.5. The van der Waals surface area contributed by atoms with E-state index in [1.165, 1.54) is 19.1 Å². The Bertz CT molecular complexity index is 797. The average molecular weight is 358 g/mol. The lowest BCUT2D eigenvalue weighted by molar-refractivity contribution is -0.137. The standard InChI is InChI=1S/C17H17F3O3S/c1-16(21,14-7-3-2-4-8-14)12-24(22,23)11-13-6-5-9-15(10-13)17(18,19)20/h2-10,21H,11-12H2,1H3/t16-/m0/s1. The molecule has 0 spiro atoms. The number of benzene rings is 2. The Kier molecular flexibility index (Phi) is 5.05. The number of hydrogen-bond donors (Lipinski definition) is 1. The van der Waals surface area contributed by atoms with Gasteiger partial charge in [0.05, 0.1) is 17.1 Å². The van der Waals surface area contributed by atoms with E-state index in [0.717, 1.165) is 12.1 Å². The fourth-order valence-corrected chi connectivity index (χ4v) is 4.26. The van der Waals surface area contributed by atoms with Crippen LogP contribution in [0.2, 0.25) is 0 Å². The molecule has 3 nitrogen and oxygen atoms in total. The van der Waals surface area contributed by atoms with Crippen LogP contribution in [-0.2, 0) is 27.4 Å². The number of aliphatic hydroxyl groups is 1. The first-order valence-electron chi connectivity index (χ1n) is 7.14. The number of hydrogen-bond acceptors (Lipinski definition) is 3. The second-order valence-corrected chi connectivity index (χ2v) is 7.93. The van der Waals surface area contributed by atoms with Crippen molar-refractivity contribution in [3.8, 4) is 0 Å². The normalized spacial score (nSPS) is 15.0. The summed E-state index contributed by atoms with van der Waals surface area (Å²) in [6.45, 7) is 1.37. The molecule has 1 atom stereocenters. The molecule has 0 amide bonds. The van der Waals surface area contributed by atoms with E-state index in [4.69, 9.17) is 0 Å². The van der Waals surface area contributed by atoms with Crippen LogP contribution in [-0.4, -0.2) is 19.3 Å². The van der Waals surface area contributed by atoms with E-state index in [1.54, 1.807) is 30.3 Å². The van der Waals surface area contributed by atoms with Gasteiger partial charge in [-0.1, -0.05) is 48.5 Å². The highest BCUT2D eigenvalue weighted by Gasteiger charge is 2.32. The fourth-order valence-electron chi connectivity index (χ4n) is 2.45. The summed E-state index contributed by atoms with van der Waals surface area (Å²) in [4.78, 5) is 0. The molecule has 0 aromatic heterocycles. The summed E-state index contributed by atoms with van der Waals surface area (Å²) in [7, 11) is -3.82. The average Bonchev–Trinajstić information content (AvgIpc) is 2.46. The van der Waals surface area contributed by atoms with Crippen LogP contribution in [0.15, 0.2) is 54.6 Å². The Morgan fingerprint density at radius 3 is 2.12 bits per heavy atom. The van der Waals surface area contributed by atoms with Crippen LogP contribution in [0.3, 0.4) is 0 Å². The molecule has 2 aromatic carbocycles. The maximum Gasteiger partial charge on any atom is 0.416 e. The molecular formula is C17H17F3O3S. The van der Waals surface area contributed by atoms with Gasteiger partial charge in [-0.25, -0.2) is 8.42 Å². The third-order valence-electron chi connectivity index (χ3n) is 3.54. The smallest absolute Gasteiger partial charge is 0.384 e. The molecule has 24 heavy (non-hydrogen) atoms. The van der Waals surface area contributed by atoms with E-state index in [9.17, 15) is 26.7 Å². The minimum absolute atomic E-state index is 0.0358. The number of alkyl halides is 3. The Balaban J connectivity index is 2.20. The summed E-state index contributed by atoms with van der Waals surface area (Å²) in [5.41, 5.74) is -2.06. The third-order valence-corrected chi connectivity index (χ3v) is 5.31. The lowest BCUT2D eigenvalue weighted by atomic mass is 9.99. The lowest BCUT2D eigenvalue weighted by Crippen LogP contribution is -2.31. The largest absolute Gasteiger partial charge is 0.416 e. The molecule has 0 unspecified atom stereocenters. The van der Waals surface area contributed by atoms with Crippen LogP contribution in [0.4, 0.5) is 13.2 Å². The number of rotatable bonds is 5. The van der Waals surface area contributed by atoms with Crippen molar-refractivity contribution < 1.29 is 26.7 Å². The molecule has 0 aliphatic rings. The van der Waals surface area contributed by atoms with Crippen LogP contribution in [0, 0.1) is 0 Å². The van der Waals surface area contributed by atoms with Gasteiger partial charge in [0.1, 0.15) is 5.60 Å². The number of halogens is 3. The van der Waals surface area contributed by atoms with Gasteiger partial charge in [-0.05, 0) is 24.1 Å². The zero-order valence-electron chi connectivity index (χ0n) is 12.9. The molecule has 0 aliphatic heterocycles. The van der Waals surface area contributed by atoms with Gasteiger partial charge in [0, 0.05) is 0 Å². The fraction of sp³-hybridized carbons (Fsp3) is 0.294. The van der Waals surface area contributed by atoms with Crippen LogP contribution >= 0.6 is 0 Å². The first-order chi connectivity index (χ1) is 11.0. The summed E-state index contributed by atoms with van der Waals surface area (Å²) in [6.07, 6.45) is -4.53. The second kappa shape index (κ2) is 6.57. The Labute approximate surface area is 138 Å². The van der Waals surface area contributed by atoms with Gasteiger partial charge in [-0.2, -0.15) is 13.2 Å². The van der Waals surface area contributed by atoms with Crippen molar-refractivity contribution in [1.29, 1.82) is 0 Å². The van der Waals surface area contributed by atoms with E-state index in [-0.39, 0.29) is 5.56 Å². The highest BCUT2D eigenvalue weighted by atomic mass is 32.2. The van der Waals surface area contributed by atoms with Gasteiger partial charge < -0.3 is 5.11 Å². The molecule has 0 fully saturated rings. The van der Waals surface area contributed by atoms with E-state index in [2.05, 4.69) is 0 Å². The maximum atomic E-state index is 12.7. The van der Waals surface area contributed by atoms with Gasteiger partial charge in [0.25, 0.3) is 0 Å². The van der Waals surface area contributed by atoms with E-state index < -0.39 is 38.7 Å². The highest BCUT2D eigenvalue weighted by molar-refractivity contribution is 7.90. The molecule has 2 rings (SSSR count). The molecule has 0 saturated carbocycles. The van der Waals surface area contributed by atoms with Crippen LogP contribution in [0.5, 0.6) is 0 Å². The molecule has 0 aliphatic carbocycles. The first-order valence-corrected chi connectivity index (χ1v) is 8.96. The molecule has 0 bridgehead atoms. The van der Waals surface area contributed by atoms with E-state index >= 15 is 0 Å². The Morgan fingerprint density at radius 1 is 0.958 bits per heavy atom. The van der Waals surface area contributed by atoms with Crippen LogP contribution < -0.4 is 0 Å². The SMILES string of the molecule is C[C@](O)(CS(=O)(=O)Cc1cccc(C(F)(F)F)c1)c1ccccc1. The van der Waals surface area contributed by atoms with Crippen molar-refractivity contribution in [2.45, 2.75) is 24.5 Å². The molecule has 0 saturated heterocycles. The van der Waals surface area contributed by atoms with Gasteiger partial charge >= 0.3 is 6.18 Å². The minimum atomic E-state index is -4.53. The maximum absolute atomic E-state index is 12.7. The topological polar surface area (TPSA) is 54.4 Å². The second-order valence-electron chi connectivity index (χ2n) is 5.87. The third kappa shape index (κ3) is 4.82. The van der Waals surface area contributed by atoms with Crippen molar-refractivity contribution in [3.05, 3.63) is 71.3 Å². The van der Waals surface area contributed by atoms with Crippen molar-refractivity contribution in [2.75, 3.05) is 5.75 Å². The Morgan fingerprint density at radius 2 is 1.54 bits per heavy atom. The van der Waals surface area contributed by atoms with Crippen molar-refractivity contribution in [3.63, 3.8) is 0 Å². The monoisotopic (exact) mass is 358 g/mol. The van der Waals surface area contributed by atoms with Crippen LogP contribution in [0.25, 0.3) is 0 Å². The molecule has 1 N–H and O–H groups in total. The quantitative estimate of drug-likeness (QED) is 0.890. The lowest BCUT2D eigenvalue weighted by Gasteiger charge is -2.23. The van der Waals surface area contributed by atoms with Crippen molar-refractivity contribution in [1.82, 2.24) is 0 Å². The predicted octanol–water partition coefficient (Wildman–Crippen LogP) is 3.53. The molecule has 2 aromatic rings. The van der Waals surface area contributed by atoms with Crippen molar-refractivity contribution in [2.24, 2.45) is 0 Å². The summed E-state index contributed by atoms with van der Waals surface area (Å²) in [5.74, 6) is -1.15. The highest BCUT2D eigenvalue weighted by Crippen LogP contribution is 2.30. The summed E-state index contributed by atoms with van der Waals surface area (Å²) < 4.78 is 62.7. The van der Waals surface area contributed by atoms with Gasteiger partial charge in [-0.15, -0.1) is 0 Å². The molecular weight excluding hydrogens is 341 g/mol. The minimum Gasteiger partial charge on any atom is -0.384 e. The molecule has 0 radical (unpaired) electrons. The van der Waals surface area contributed by atoms with Crippen molar-refractivity contribution >= 4 is 9.84 Å². The zero-order valence-corrected chi connectivity index (χ0v) is 13.7.